The molecule has 0 aliphatic carbocycles. The lowest BCUT2D eigenvalue weighted by Gasteiger charge is -2.16. The molecule has 0 bridgehead atoms. The van der Waals surface area contributed by atoms with E-state index in [4.69, 9.17) is 14.2 Å². The van der Waals surface area contributed by atoms with Crippen LogP contribution in [0.15, 0.2) is 24.3 Å². The van der Waals surface area contributed by atoms with Crippen molar-refractivity contribution in [3.8, 4) is 17.2 Å². The number of ether oxygens (including phenoxy) is 3. The smallest absolute Gasteiger partial charge is 0.203 e. The van der Waals surface area contributed by atoms with Gasteiger partial charge in [0.1, 0.15) is 0 Å². The van der Waals surface area contributed by atoms with Gasteiger partial charge in [-0.15, -0.1) is 11.3 Å². The van der Waals surface area contributed by atoms with Crippen molar-refractivity contribution in [3.05, 3.63) is 39.6 Å². The van der Waals surface area contributed by atoms with Gasteiger partial charge in [-0.05, 0) is 36.8 Å². The molecule has 20 heavy (non-hydrogen) atoms. The fourth-order valence-electron chi connectivity index (χ4n) is 2.00. The van der Waals surface area contributed by atoms with E-state index in [0.29, 0.717) is 17.2 Å². The summed E-state index contributed by atoms with van der Waals surface area (Å²) in [7, 11) is 4.85. The molecule has 0 spiro atoms. The lowest BCUT2D eigenvalue weighted by atomic mass is 10.1. The first kappa shape index (κ1) is 15.2. The highest BCUT2D eigenvalue weighted by Crippen LogP contribution is 2.43. The van der Waals surface area contributed by atoms with Gasteiger partial charge in [-0.2, -0.15) is 0 Å². The molecule has 5 heteroatoms. The first-order chi connectivity index (χ1) is 9.60. The van der Waals surface area contributed by atoms with E-state index in [1.165, 1.54) is 9.75 Å². The fraction of sp³-hybridized carbons (Fsp3) is 0.333. The lowest BCUT2D eigenvalue weighted by molar-refractivity contribution is 0.324. The minimum absolute atomic E-state index is 0.106. The molecular formula is C15H17BrO3S. The Hall–Kier alpha value is -1.20. The molecule has 0 aliphatic rings. The van der Waals surface area contributed by atoms with E-state index in [2.05, 4.69) is 35.0 Å². The SMILES string of the molecule is COc1cc(C(Br)c2ccc(C)s2)cc(OC)c1OC. The zero-order chi connectivity index (χ0) is 14.7. The van der Waals surface area contributed by atoms with Crippen molar-refractivity contribution in [2.75, 3.05) is 21.3 Å². The fourth-order valence-corrected chi connectivity index (χ4v) is 3.58. The first-order valence-corrected chi connectivity index (χ1v) is 7.84. The van der Waals surface area contributed by atoms with Gasteiger partial charge in [-0.1, -0.05) is 15.9 Å². The second-order valence-corrected chi connectivity index (χ2v) is 6.50. The quantitative estimate of drug-likeness (QED) is 0.734. The van der Waals surface area contributed by atoms with Crippen LogP contribution in [-0.4, -0.2) is 21.3 Å². The lowest BCUT2D eigenvalue weighted by Crippen LogP contribution is -1.98. The van der Waals surface area contributed by atoms with Crippen LogP contribution < -0.4 is 14.2 Å². The minimum Gasteiger partial charge on any atom is -0.493 e. The molecule has 1 atom stereocenters. The van der Waals surface area contributed by atoms with Crippen molar-refractivity contribution in [2.45, 2.75) is 11.8 Å². The van der Waals surface area contributed by atoms with Crippen LogP contribution in [-0.2, 0) is 0 Å². The number of aryl methyl sites for hydroxylation is 1. The molecule has 2 aromatic rings. The molecule has 1 aromatic heterocycles. The highest BCUT2D eigenvalue weighted by molar-refractivity contribution is 9.09. The Morgan fingerprint density at radius 2 is 1.60 bits per heavy atom. The van der Waals surface area contributed by atoms with Crippen LogP contribution >= 0.6 is 27.3 Å². The first-order valence-electron chi connectivity index (χ1n) is 6.11. The van der Waals surface area contributed by atoms with E-state index in [-0.39, 0.29) is 4.83 Å². The maximum Gasteiger partial charge on any atom is 0.203 e. The number of methoxy groups -OCH3 is 3. The molecule has 1 aromatic carbocycles. The van der Waals surface area contributed by atoms with Gasteiger partial charge in [0.15, 0.2) is 11.5 Å². The van der Waals surface area contributed by atoms with Crippen molar-refractivity contribution in [2.24, 2.45) is 0 Å². The van der Waals surface area contributed by atoms with E-state index < -0.39 is 0 Å². The van der Waals surface area contributed by atoms with Gasteiger partial charge in [-0.25, -0.2) is 0 Å². The molecule has 0 aliphatic heterocycles. The predicted octanol–water partition coefficient (Wildman–Crippen LogP) is 4.57. The second-order valence-electron chi connectivity index (χ2n) is 4.27. The average Bonchev–Trinajstić information content (AvgIpc) is 2.91. The van der Waals surface area contributed by atoms with Gasteiger partial charge in [0.25, 0.3) is 0 Å². The molecular weight excluding hydrogens is 340 g/mol. The standard InChI is InChI=1S/C15H17BrO3S/c1-9-5-6-13(20-9)14(16)10-7-11(17-2)15(19-4)12(8-10)18-3/h5-8,14H,1-4H3. The maximum absolute atomic E-state index is 5.39. The van der Waals surface area contributed by atoms with Crippen LogP contribution in [0.3, 0.4) is 0 Å². The Kier molecular flexibility index (Phi) is 4.94. The van der Waals surface area contributed by atoms with Crippen LogP contribution in [0.1, 0.15) is 20.1 Å². The van der Waals surface area contributed by atoms with Gasteiger partial charge in [0, 0.05) is 9.75 Å². The molecule has 0 fully saturated rings. The zero-order valence-corrected chi connectivity index (χ0v) is 14.3. The van der Waals surface area contributed by atoms with Crippen LogP contribution in [0, 0.1) is 6.92 Å². The Bertz CT molecular complexity index is 570. The predicted molar refractivity (Wildman–Crippen MR) is 85.9 cm³/mol. The number of benzene rings is 1. The van der Waals surface area contributed by atoms with E-state index in [1.807, 2.05) is 12.1 Å². The molecule has 0 saturated heterocycles. The third-order valence-electron chi connectivity index (χ3n) is 2.99. The molecule has 0 N–H and O–H groups in total. The van der Waals surface area contributed by atoms with E-state index in [1.54, 1.807) is 32.7 Å². The molecule has 0 radical (unpaired) electrons. The Morgan fingerprint density at radius 3 is 2.00 bits per heavy atom. The number of thiophene rings is 1. The summed E-state index contributed by atoms with van der Waals surface area (Å²) in [6.45, 7) is 2.10. The second kappa shape index (κ2) is 6.50. The minimum atomic E-state index is 0.106. The Morgan fingerprint density at radius 1 is 1.00 bits per heavy atom. The summed E-state index contributed by atoms with van der Waals surface area (Å²) < 4.78 is 16.1. The average molecular weight is 357 g/mol. The number of rotatable bonds is 5. The summed E-state index contributed by atoms with van der Waals surface area (Å²) in [5.41, 5.74) is 1.07. The number of hydrogen-bond donors (Lipinski definition) is 0. The van der Waals surface area contributed by atoms with Crippen molar-refractivity contribution in [3.63, 3.8) is 0 Å². The van der Waals surface area contributed by atoms with Gasteiger partial charge >= 0.3 is 0 Å². The molecule has 0 saturated carbocycles. The zero-order valence-electron chi connectivity index (χ0n) is 11.9. The Balaban J connectivity index is 2.46. The maximum atomic E-state index is 5.39. The van der Waals surface area contributed by atoms with Gasteiger partial charge in [0.2, 0.25) is 5.75 Å². The topological polar surface area (TPSA) is 27.7 Å². The summed E-state index contributed by atoms with van der Waals surface area (Å²) in [6.07, 6.45) is 0. The largest absolute Gasteiger partial charge is 0.493 e. The van der Waals surface area contributed by atoms with Crippen molar-refractivity contribution < 1.29 is 14.2 Å². The third kappa shape index (κ3) is 2.94. The number of halogens is 1. The highest BCUT2D eigenvalue weighted by atomic mass is 79.9. The number of alkyl halides is 1. The molecule has 2 rings (SSSR count). The highest BCUT2D eigenvalue weighted by Gasteiger charge is 2.19. The summed E-state index contributed by atoms with van der Waals surface area (Å²) in [5.74, 6) is 1.94. The normalized spacial score (nSPS) is 12.1. The monoisotopic (exact) mass is 356 g/mol. The van der Waals surface area contributed by atoms with E-state index in [9.17, 15) is 0 Å². The van der Waals surface area contributed by atoms with Crippen LogP contribution in [0.2, 0.25) is 0 Å². The molecule has 3 nitrogen and oxygen atoms in total. The summed E-state index contributed by atoms with van der Waals surface area (Å²) in [5, 5.41) is 0. The number of hydrogen-bond acceptors (Lipinski definition) is 4. The molecule has 0 amide bonds. The van der Waals surface area contributed by atoms with Gasteiger partial charge < -0.3 is 14.2 Å². The molecule has 1 unspecified atom stereocenters. The summed E-state index contributed by atoms with van der Waals surface area (Å²) >= 11 is 5.51. The Labute approximate surface area is 131 Å². The van der Waals surface area contributed by atoms with Crippen LogP contribution in [0.5, 0.6) is 17.2 Å². The van der Waals surface area contributed by atoms with Crippen molar-refractivity contribution in [1.82, 2.24) is 0 Å². The van der Waals surface area contributed by atoms with E-state index >= 15 is 0 Å². The molecule has 1 heterocycles. The van der Waals surface area contributed by atoms with Crippen LogP contribution in [0.4, 0.5) is 0 Å². The summed E-state index contributed by atoms with van der Waals surface area (Å²) in [4.78, 5) is 2.64. The van der Waals surface area contributed by atoms with Crippen molar-refractivity contribution in [1.29, 1.82) is 0 Å². The van der Waals surface area contributed by atoms with Crippen LogP contribution in [0.25, 0.3) is 0 Å². The van der Waals surface area contributed by atoms with E-state index in [0.717, 1.165) is 5.56 Å². The molecule has 108 valence electrons. The summed E-state index contributed by atoms with van der Waals surface area (Å²) in [6, 6.07) is 8.18. The van der Waals surface area contributed by atoms with Gasteiger partial charge in [0.05, 0.1) is 26.2 Å². The van der Waals surface area contributed by atoms with Crippen molar-refractivity contribution >= 4 is 27.3 Å². The van der Waals surface area contributed by atoms with Gasteiger partial charge in [-0.3, -0.25) is 0 Å². The third-order valence-corrected chi connectivity index (χ3v) is 5.38.